The highest BCUT2D eigenvalue weighted by atomic mass is 32.1. The predicted octanol–water partition coefficient (Wildman–Crippen LogP) is 3.33. The second-order valence-electron chi connectivity index (χ2n) is 4.22. The van der Waals surface area contributed by atoms with Crippen LogP contribution in [0.1, 0.15) is 10.4 Å². The molecule has 4 nitrogen and oxygen atoms in total. The van der Waals surface area contributed by atoms with Crippen LogP contribution in [0.2, 0.25) is 0 Å². The first-order chi connectivity index (χ1) is 9.69. The molecule has 0 amide bonds. The maximum atomic E-state index is 5.85. The summed E-state index contributed by atoms with van der Waals surface area (Å²) in [7, 11) is 3.24. The van der Waals surface area contributed by atoms with Gasteiger partial charge in [-0.2, -0.15) is 0 Å². The highest BCUT2D eigenvalue weighted by Gasteiger charge is 2.44. The Labute approximate surface area is 126 Å². The Morgan fingerprint density at radius 1 is 1.30 bits per heavy atom. The Morgan fingerprint density at radius 2 is 2.15 bits per heavy atom. The van der Waals surface area contributed by atoms with E-state index in [4.69, 9.17) is 26.4 Å². The molecule has 2 aromatic rings. The van der Waals surface area contributed by atoms with Gasteiger partial charge in [-0.1, -0.05) is 6.07 Å². The quantitative estimate of drug-likeness (QED) is 0.881. The zero-order chi connectivity index (χ0) is 14.2. The molecule has 1 aliphatic rings. The number of rotatable bonds is 3. The van der Waals surface area contributed by atoms with Crippen LogP contribution in [0.15, 0.2) is 35.7 Å². The molecule has 0 saturated carbocycles. The summed E-state index contributed by atoms with van der Waals surface area (Å²) < 4.78 is 16.9. The Bertz CT molecular complexity index is 642. The zero-order valence-electron chi connectivity index (χ0n) is 11.0. The molecule has 0 aliphatic carbocycles. The van der Waals surface area contributed by atoms with Crippen molar-refractivity contribution in [3.63, 3.8) is 0 Å². The van der Waals surface area contributed by atoms with Gasteiger partial charge in [-0.15, -0.1) is 11.3 Å². The number of thiophene rings is 1. The fourth-order valence-corrected chi connectivity index (χ4v) is 3.33. The molecule has 1 aromatic carbocycles. The van der Waals surface area contributed by atoms with Crippen molar-refractivity contribution in [2.75, 3.05) is 19.5 Å². The Kier molecular flexibility index (Phi) is 3.37. The number of ether oxygens (including phenoxy) is 3. The predicted molar refractivity (Wildman–Crippen MR) is 82.4 cm³/mol. The third kappa shape index (κ3) is 1.96. The number of hydrogen-bond acceptors (Lipinski definition) is 5. The van der Waals surface area contributed by atoms with Gasteiger partial charge in [0.05, 0.1) is 23.2 Å². The highest BCUT2D eigenvalue weighted by Crippen LogP contribution is 2.44. The van der Waals surface area contributed by atoms with Crippen molar-refractivity contribution in [2.45, 2.75) is 5.79 Å². The summed E-state index contributed by atoms with van der Waals surface area (Å²) in [5.74, 6) is -0.291. The number of benzene rings is 1. The molecule has 1 atom stereocenters. The SMILES string of the molecule is COc1ccc2c(c1)C(OC)(c1cccs1)OC(=S)N2. The number of thiocarbonyl (C=S) groups is 1. The molecule has 1 N–H and O–H groups in total. The van der Waals surface area contributed by atoms with Crippen LogP contribution in [-0.2, 0) is 15.3 Å². The van der Waals surface area contributed by atoms with E-state index in [9.17, 15) is 0 Å². The first kappa shape index (κ1) is 13.4. The molecule has 2 heterocycles. The topological polar surface area (TPSA) is 39.7 Å². The number of nitrogens with one attached hydrogen (secondary N) is 1. The van der Waals surface area contributed by atoms with E-state index >= 15 is 0 Å². The van der Waals surface area contributed by atoms with Gasteiger partial charge in [-0.05, 0) is 41.9 Å². The summed E-state index contributed by atoms with van der Waals surface area (Å²) >= 11 is 6.75. The molecule has 1 aliphatic heterocycles. The molecule has 1 unspecified atom stereocenters. The van der Waals surface area contributed by atoms with Crippen molar-refractivity contribution in [1.29, 1.82) is 0 Å². The summed E-state index contributed by atoms with van der Waals surface area (Å²) in [6, 6.07) is 9.59. The molecule has 0 saturated heterocycles. The van der Waals surface area contributed by atoms with E-state index in [1.807, 2.05) is 35.7 Å². The standard InChI is InChI=1S/C14H13NO3S2/c1-16-9-5-6-11-10(8-9)14(17-2,18-13(19)15-11)12-4-3-7-20-12/h3-8H,1-2H3,(H,15,19). The Morgan fingerprint density at radius 3 is 2.80 bits per heavy atom. The minimum Gasteiger partial charge on any atom is -0.497 e. The van der Waals surface area contributed by atoms with Crippen LogP contribution in [0.25, 0.3) is 0 Å². The maximum absolute atomic E-state index is 5.85. The first-order valence-corrected chi connectivity index (χ1v) is 7.26. The lowest BCUT2D eigenvalue weighted by molar-refractivity contribution is -0.145. The number of fused-ring (bicyclic) bond motifs is 1. The molecule has 0 radical (unpaired) electrons. The van der Waals surface area contributed by atoms with Crippen molar-refractivity contribution >= 4 is 34.4 Å². The van der Waals surface area contributed by atoms with Gasteiger partial charge in [0.1, 0.15) is 5.75 Å². The molecule has 0 fully saturated rings. The van der Waals surface area contributed by atoms with Gasteiger partial charge in [-0.25, -0.2) is 0 Å². The van der Waals surface area contributed by atoms with Gasteiger partial charge < -0.3 is 19.5 Å². The normalized spacial score (nSPS) is 20.8. The lowest BCUT2D eigenvalue weighted by Crippen LogP contribution is -2.41. The third-order valence-electron chi connectivity index (χ3n) is 3.19. The van der Waals surface area contributed by atoms with E-state index in [2.05, 4.69) is 5.32 Å². The Hall–Kier alpha value is -1.63. The molecule has 0 spiro atoms. The molecule has 0 bridgehead atoms. The molecular weight excluding hydrogens is 294 g/mol. The van der Waals surface area contributed by atoms with Crippen molar-refractivity contribution in [2.24, 2.45) is 0 Å². The van der Waals surface area contributed by atoms with Crippen molar-refractivity contribution < 1.29 is 14.2 Å². The van der Waals surface area contributed by atoms with Crippen LogP contribution in [0.3, 0.4) is 0 Å². The summed E-state index contributed by atoms with van der Waals surface area (Å²) in [4.78, 5) is 0.929. The number of anilines is 1. The molecule has 6 heteroatoms. The molecule has 20 heavy (non-hydrogen) atoms. The van der Waals surface area contributed by atoms with E-state index < -0.39 is 5.79 Å². The van der Waals surface area contributed by atoms with Crippen molar-refractivity contribution in [3.05, 3.63) is 46.2 Å². The summed E-state index contributed by atoms with van der Waals surface area (Å²) in [6.07, 6.45) is 0. The van der Waals surface area contributed by atoms with Crippen LogP contribution in [0.5, 0.6) is 5.75 Å². The second kappa shape index (κ2) is 5.05. The first-order valence-electron chi connectivity index (χ1n) is 5.97. The minimum atomic E-state index is -1.03. The Balaban J connectivity index is 2.24. The average molecular weight is 307 g/mol. The summed E-state index contributed by atoms with van der Waals surface area (Å²) in [5, 5.41) is 5.31. The van der Waals surface area contributed by atoms with Crippen molar-refractivity contribution in [1.82, 2.24) is 0 Å². The van der Waals surface area contributed by atoms with E-state index in [-0.39, 0.29) is 5.17 Å². The van der Waals surface area contributed by atoms with Gasteiger partial charge in [-0.3, -0.25) is 0 Å². The second-order valence-corrected chi connectivity index (χ2v) is 5.54. The van der Waals surface area contributed by atoms with E-state index in [0.717, 1.165) is 21.9 Å². The summed E-state index contributed by atoms with van der Waals surface area (Å²) in [5.41, 5.74) is 1.70. The monoisotopic (exact) mass is 307 g/mol. The van der Waals surface area contributed by atoms with Crippen LogP contribution >= 0.6 is 23.6 Å². The molecule has 3 rings (SSSR count). The van der Waals surface area contributed by atoms with Gasteiger partial charge in [0.15, 0.2) is 0 Å². The average Bonchev–Trinajstić information content (AvgIpc) is 3.00. The highest BCUT2D eigenvalue weighted by molar-refractivity contribution is 7.80. The van der Waals surface area contributed by atoms with Crippen LogP contribution in [0.4, 0.5) is 5.69 Å². The van der Waals surface area contributed by atoms with E-state index in [1.165, 1.54) is 0 Å². The van der Waals surface area contributed by atoms with E-state index in [0.29, 0.717) is 0 Å². The fraction of sp³-hybridized carbons (Fsp3) is 0.214. The number of hydrogen-bond donors (Lipinski definition) is 1. The molecular formula is C14H13NO3S2. The fourth-order valence-electron chi connectivity index (χ4n) is 2.25. The van der Waals surface area contributed by atoms with Gasteiger partial charge in [0.25, 0.3) is 11.0 Å². The molecule has 104 valence electrons. The lowest BCUT2D eigenvalue weighted by atomic mass is 10.00. The number of methoxy groups -OCH3 is 2. The smallest absolute Gasteiger partial charge is 0.278 e. The summed E-state index contributed by atoms with van der Waals surface area (Å²) in [6.45, 7) is 0. The van der Waals surface area contributed by atoms with Gasteiger partial charge >= 0.3 is 0 Å². The largest absolute Gasteiger partial charge is 0.497 e. The van der Waals surface area contributed by atoms with Crippen LogP contribution in [-0.4, -0.2) is 19.4 Å². The minimum absolute atomic E-state index is 0.290. The maximum Gasteiger partial charge on any atom is 0.278 e. The van der Waals surface area contributed by atoms with E-state index in [1.54, 1.807) is 25.6 Å². The van der Waals surface area contributed by atoms with Crippen LogP contribution in [0, 0.1) is 0 Å². The lowest BCUT2D eigenvalue weighted by Gasteiger charge is -2.37. The van der Waals surface area contributed by atoms with Gasteiger partial charge in [0, 0.05) is 7.11 Å². The molecule has 1 aromatic heterocycles. The third-order valence-corrected chi connectivity index (χ3v) is 4.32. The van der Waals surface area contributed by atoms with Crippen LogP contribution < -0.4 is 10.1 Å². The zero-order valence-corrected chi connectivity index (χ0v) is 12.6. The van der Waals surface area contributed by atoms with Crippen molar-refractivity contribution in [3.8, 4) is 5.75 Å². The van der Waals surface area contributed by atoms with Gasteiger partial charge in [0.2, 0.25) is 0 Å².